The summed E-state index contributed by atoms with van der Waals surface area (Å²) in [7, 11) is 0. The minimum atomic E-state index is -0.659. The van der Waals surface area contributed by atoms with Gasteiger partial charge in [-0.3, -0.25) is 0 Å². The Morgan fingerprint density at radius 1 is 1.29 bits per heavy atom. The fourth-order valence-corrected chi connectivity index (χ4v) is 1.15. The third-order valence-corrected chi connectivity index (χ3v) is 2.37. The number of ether oxygens (including phenoxy) is 2. The highest BCUT2D eigenvalue weighted by Crippen LogP contribution is 2.17. The maximum absolute atomic E-state index is 11.6. The zero-order valence-corrected chi connectivity index (χ0v) is 10.3. The number of aromatic hydroxyl groups is 1. The van der Waals surface area contributed by atoms with Crippen molar-refractivity contribution in [2.75, 3.05) is 0 Å². The van der Waals surface area contributed by atoms with E-state index in [9.17, 15) is 4.79 Å². The van der Waals surface area contributed by atoms with E-state index >= 15 is 0 Å². The van der Waals surface area contributed by atoms with Gasteiger partial charge in [0.25, 0.3) is 0 Å². The molecule has 2 unspecified atom stereocenters. The molecular formula is C13H18O4. The summed E-state index contributed by atoms with van der Waals surface area (Å²) in [5, 5.41) is 9.10. The number of phenols is 1. The highest BCUT2D eigenvalue weighted by molar-refractivity contribution is 5.74. The lowest BCUT2D eigenvalue weighted by Gasteiger charge is -2.16. The molecule has 17 heavy (non-hydrogen) atoms. The Hall–Kier alpha value is -1.71. The number of rotatable bonds is 5. The monoisotopic (exact) mass is 238 g/mol. The van der Waals surface area contributed by atoms with Crippen molar-refractivity contribution < 1.29 is 19.4 Å². The lowest BCUT2D eigenvalue weighted by Crippen LogP contribution is -2.28. The fraction of sp³-hybridized carbons (Fsp3) is 0.462. The first kappa shape index (κ1) is 13.4. The van der Waals surface area contributed by atoms with Crippen LogP contribution in [-0.4, -0.2) is 23.3 Å². The second kappa shape index (κ2) is 6.13. The average molecular weight is 238 g/mol. The highest BCUT2D eigenvalue weighted by Gasteiger charge is 2.18. The molecule has 2 atom stereocenters. The van der Waals surface area contributed by atoms with Gasteiger partial charge in [-0.1, -0.05) is 6.92 Å². The van der Waals surface area contributed by atoms with Gasteiger partial charge in [-0.25, -0.2) is 4.79 Å². The van der Waals surface area contributed by atoms with Gasteiger partial charge in [0.15, 0.2) is 6.10 Å². The molecule has 94 valence electrons. The van der Waals surface area contributed by atoms with E-state index in [-0.39, 0.29) is 17.8 Å². The number of benzene rings is 1. The number of hydrogen-bond acceptors (Lipinski definition) is 4. The maximum atomic E-state index is 11.6. The summed E-state index contributed by atoms with van der Waals surface area (Å²) in [4.78, 5) is 11.6. The second-order valence-corrected chi connectivity index (χ2v) is 3.91. The minimum absolute atomic E-state index is 0.103. The van der Waals surface area contributed by atoms with Crippen LogP contribution in [0.1, 0.15) is 27.2 Å². The molecule has 0 spiro atoms. The summed E-state index contributed by atoms with van der Waals surface area (Å²) in [5.74, 6) is 0.302. The standard InChI is InChI=1S/C13H18O4/c1-4-9(2)16-13(15)10(3)17-12-7-5-11(14)6-8-12/h5-10,14H,4H2,1-3H3. The first-order chi connectivity index (χ1) is 8.02. The summed E-state index contributed by atoms with van der Waals surface area (Å²) < 4.78 is 10.5. The topological polar surface area (TPSA) is 55.8 Å². The van der Waals surface area contributed by atoms with Crippen LogP contribution >= 0.6 is 0 Å². The van der Waals surface area contributed by atoms with Gasteiger partial charge in [0.1, 0.15) is 11.5 Å². The maximum Gasteiger partial charge on any atom is 0.347 e. The van der Waals surface area contributed by atoms with E-state index in [4.69, 9.17) is 14.6 Å². The zero-order chi connectivity index (χ0) is 12.8. The van der Waals surface area contributed by atoms with E-state index in [2.05, 4.69) is 0 Å². The van der Waals surface area contributed by atoms with Gasteiger partial charge in [-0.2, -0.15) is 0 Å². The Bertz CT molecular complexity index is 358. The summed E-state index contributed by atoms with van der Waals surface area (Å²) >= 11 is 0. The van der Waals surface area contributed by atoms with Gasteiger partial charge in [0.2, 0.25) is 0 Å². The normalized spacial score (nSPS) is 13.8. The summed E-state index contributed by atoms with van der Waals surface area (Å²) in [6, 6.07) is 6.20. The molecule has 0 amide bonds. The molecule has 0 heterocycles. The van der Waals surface area contributed by atoms with Crippen molar-refractivity contribution in [2.24, 2.45) is 0 Å². The molecule has 1 rings (SSSR count). The third-order valence-electron chi connectivity index (χ3n) is 2.37. The Kier molecular flexibility index (Phi) is 4.82. The number of carbonyl (C=O) groups is 1. The molecule has 1 aromatic carbocycles. The van der Waals surface area contributed by atoms with Crippen molar-refractivity contribution in [1.29, 1.82) is 0 Å². The van der Waals surface area contributed by atoms with Gasteiger partial charge >= 0.3 is 5.97 Å². The van der Waals surface area contributed by atoms with Crippen molar-refractivity contribution in [2.45, 2.75) is 39.4 Å². The van der Waals surface area contributed by atoms with Crippen molar-refractivity contribution in [3.8, 4) is 11.5 Å². The predicted octanol–water partition coefficient (Wildman–Crippen LogP) is 2.50. The molecule has 0 saturated heterocycles. The van der Waals surface area contributed by atoms with Crippen LogP contribution in [0, 0.1) is 0 Å². The van der Waals surface area contributed by atoms with E-state index in [0.29, 0.717) is 5.75 Å². The van der Waals surface area contributed by atoms with Gasteiger partial charge in [0.05, 0.1) is 6.10 Å². The lowest BCUT2D eigenvalue weighted by atomic mass is 10.3. The Morgan fingerprint density at radius 3 is 2.41 bits per heavy atom. The molecule has 4 nitrogen and oxygen atoms in total. The van der Waals surface area contributed by atoms with Crippen LogP contribution in [0.3, 0.4) is 0 Å². The van der Waals surface area contributed by atoms with Gasteiger partial charge in [-0.05, 0) is 44.5 Å². The first-order valence-electron chi connectivity index (χ1n) is 5.69. The first-order valence-corrected chi connectivity index (χ1v) is 5.69. The summed E-state index contributed by atoms with van der Waals surface area (Å²) in [6.45, 7) is 5.42. The number of esters is 1. The predicted molar refractivity (Wildman–Crippen MR) is 64.0 cm³/mol. The Balaban J connectivity index is 2.51. The number of hydrogen-bond donors (Lipinski definition) is 1. The molecule has 1 aromatic rings. The van der Waals surface area contributed by atoms with Crippen molar-refractivity contribution in [3.63, 3.8) is 0 Å². The van der Waals surface area contributed by atoms with Crippen LogP contribution in [0.4, 0.5) is 0 Å². The zero-order valence-electron chi connectivity index (χ0n) is 10.3. The van der Waals surface area contributed by atoms with Crippen molar-refractivity contribution in [1.82, 2.24) is 0 Å². The molecule has 0 bridgehead atoms. The van der Waals surface area contributed by atoms with Crippen LogP contribution in [0.2, 0.25) is 0 Å². The quantitative estimate of drug-likeness (QED) is 0.801. The minimum Gasteiger partial charge on any atom is -0.508 e. The van der Waals surface area contributed by atoms with Gasteiger partial charge in [0, 0.05) is 0 Å². The van der Waals surface area contributed by atoms with Crippen LogP contribution in [-0.2, 0) is 9.53 Å². The molecular weight excluding hydrogens is 220 g/mol. The number of carbonyl (C=O) groups excluding carboxylic acids is 1. The molecule has 0 saturated carbocycles. The van der Waals surface area contributed by atoms with E-state index in [1.807, 2.05) is 13.8 Å². The molecule has 0 aliphatic carbocycles. The van der Waals surface area contributed by atoms with Crippen LogP contribution in [0.25, 0.3) is 0 Å². The van der Waals surface area contributed by atoms with E-state index in [1.165, 1.54) is 12.1 Å². The third kappa shape index (κ3) is 4.34. The summed E-state index contributed by atoms with van der Waals surface area (Å²) in [5.41, 5.74) is 0. The molecule has 0 aliphatic heterocycles. The second-order valence-electron chi connectivity index (χ2n) is 3.91. The van der Waals surface area contributed by atoms with E-state index < -0.39 is 6.10 Å². The molecule has 0 aliphatic rings. The van der Waals surface area contributed by atoms with Crippen LogP contribution in [0.15, 0.2) is 24.3 Å². The van der Waals surface area contributed by atoms with Crippen molar-refractivity contribution >= 4 is 5.97 Å². The average Bonchev–Trinajstić information content (AvgIpc) is 2.31. The summed E-state index contributed by atoms with van der Waals surface area (Å²) in [6.07, 6.45) is 0.0133. The fourth-order valence-electron chi connectivity index (χ4n) is 1.15. The van der Waals surface area contributed by atoms with E-state index in [1.54, 1.807) is 19.1 Å². The van der Waals surface area contributed by atoms with Crippen LogP contribution < -0.4 is 4.74 Å². The molecule has 4 heteroatoms. The van der Waals surface area contributed by atoms with Crippen molar-refractivity contribution in [3.05, 3.63) is 24.3 Å². The van der Waals surface area contributed by atoms with Gasteiger partial charge in [-0.15, -0.1) is 0 Å². The largest absolute Gasteiger partial charge is 0.508 e. The molecule has 1 N–H and O–H groups in total. The van der Waals surface area contributed by atoms with Crippen LogP contribution in [0.5, 0.6) is 11.5 Å². The number of phenolic OH excluding ortho intramolecular Hbond substituents is 1. The lowest BCUT2D eigenvalue weighted by molar-refractivity contribution is -0.155. The Labute approximate surface area is 101 Å². The molecule has 0 fully saturated rings. The van der Waals surface area contributed by atoms with Gasteiger partial charge < -0.3 is 14.6 Å². The Morgan fingerprint density at radius 2 is 1.88 bits per heavy atom. The van der Waals surface area contributed by atoms with E-state index in [0.717, 1.165) is 6.42 Å². The highest BCUT2D eigenvalue weighted by atomic mass is 16.6. The smallest absolute Gasteiger partial charge is 0.347 e. The molecule has 0 radical (unpaired) electrons. The SMILES string of the molecule is CCC(C)OC(=O)C(C)Oc1ccc(O)cc1. The molecule has 0 aromatic heterocycles.